The van der Waals surface area contributed by atoms with E-state index in [2.05, 4.69) is 10.2 Å². The molecule has 8 heteroatoms. The first-order valence-corrected chi connectivity index (χ1v) is 8.97. The summed E-state index contributed by atoms with van der Waals surface area (Å²) in [6.07, 6.45) is 3.31. The maximum Gasteiger partial charge on any atom is 0.214 e. The third kappa shape index (κ3) is 4.76. The average molecular weight is 326 g/mol. The summed E-state index contributed by atoms with van der Waals surface area (Å²) in [6, 6.07) is 7.40. The van der Waals surface area contributed by atoms with Gasteiger partial charge in [0, 0.05) is 41.7 Å². The largest absolute Gasteiger partial charge is 0.399 e. The Morgan fingerprint density at radius 2 is 2.05 bits per heavy atom. The molecule has 0 fully saturated rings. The Balaban J connectivity index is 1.84. The molecular weight excluding hydrogens is 308 g/mol. The van der Waals surface area contributed by atoms with Crippen molar-refractivity contribution in [3.05, 3.63) is 42.2 Å². The topological polar surface area (TPSA) is 92.1 Å². The molecule has 1 aromatic carbocycles. The van der Waals surface area contributed by atoms with Crippen LogP contribution in [0.15, 0.2) is 41.6 Å². The quantitative estimate of drug-likeness (QED) is 0.595. The molecule has 3 N–H and O–H groups in total. The Morgan fingerprint density at radius 3 is 2.67 bits per heavy atom. The fourth-order valence-electron chi connectivity index (χ4n) is 1.70. The molecule has 1 heterocycles. The van der Waals surface area contributed by atoms with Crippen LogP contribution in [0.4, 0.5) is 5.69 Å². The molecule has 0 atom stereocenters. The lowest BCUT2D eigenvalue weighted by Crippen LogP contribution is -2.29. The Bertz CT molecular complexity index is 654. The van der Waals surface area contributed by atoms with Gasteiger partial charge in [-0.2, -0.15) is 5.10 Å². The van der Waals surface area contributed by atoms with Crippen molar-refractivity contribution in [2.24, 2.45) is 0 Å². The predicted molar refractivity (Wildman–Crippen MR) is 85.4 cm³/mol. The van der Waals surface area contributed by atoms with E-state index in [0.717, 1.165) is 10.5 Å². The minimum absolute atomic E-state index is 0.0936. The second kappa shape index (κ2) is 6.97. The van der Waals surface area contributed by atoms with Gasteiger partial charge < -0.3 is 5.73 Å². The van der Waals surface area contributed by atoms with Crippen molar-refractivity contribution >= 4 is 27.5 Å². The molecule has 0 aliphatic heterocycles. The van der Waals surface area contributed by atoms with Gasteiger partial charge in [-0.3, -0.25) is 5.10 Å². The third-order valence-corrected chi connectivity index (χ3v) is 6.00. The summed E-state index contributed by atoms with van der Waals surface area (Å²) < 4.78 is 25.7. The molecule has 114 valence electrons. The number of rotatable bonds is 7. The highest BCUT2D eigenvalue weighted by atomic mass is 32.2. The van der Waals surface area contributed by atoms with E-state index in [0.29, 0.717) is 18.0 Å². The zero-order chi connectivity index (χ0) is 15.3. The maximum atomic E-state index is 12.2. The van der Waals surface area contributed by atoms with Gasteiger partial charge in [0.05, 0.1) is 11.9 Å². The molecule has 1 aromatic heterocycles. The van der Waals surface area contributed by atoms with Crippen molar-refractivity contribution < 1.29 is 8.42 Å². The number of hydrogen-bond acceptors (Lipinski definition) is 5. The maximum absolute atomic E-state index is 12.2. The van der Waals surface area contributed by atoms with Crippen molar-refractivity contribution in [2.75, 3.05) is 24.3 Å². The van der Waals surface area contributed by atoms with Crippen LogP contribution in [0, 0.1) is 0 Å². The van der Waals surface area contributed by atoms with Gasteiger partial charge in [0.15, 0.2) is 0 Å². The lowest BCUT2D eigenvalue weighted by Gasteiger charge is -2.16. The highest BCUT2D eigenvalue weighted by Gasteiger charge is 2.18. The molecule has 2 rings (SSSR count). The van der Waals surface area contributed by atoms with E-state index in [9.17, 15) is 8.42 Å². The first kappa shape index (κ1) is 15.9. The second-order valence-corrected chi connectivity index (χ2v) is 7.96. The Kier molecular flexibility index (Phi) is 5.27. The van der Waals surface area contributed by atoms with Crippen LogP contribution in [0.5, 0.6) is 0 Å². The van der Waals surface area contributed by atoms with Crippen LogP contribution in [0.2, 0.25) is 0 Å². The number of H-pyrrole nitrogens is 1. The molecule has 0 bridgehead atoms. The van der Waals surface area contributed by atoms with Crippen molar-refractivity contribution in [1.82, 2.24) is 14.5 Å². The van der Waals surface area contributed by atoms with Crippen molar-refractivity contribution in [2.45, 2.75) is 11.4 Å². The molecular formula is C13H18N4O2S2. The van der Waals surface area contributed by atoms with Gasteiger partial charge in [-0.15, -0.1) is 11.8 Å². The van der Waals surface area contributed by atoms with Gasteiger partial charge >= 0.3 is 0 Å². The van der Waals surface area contributed by atoms with Crippen LogP contribution in [-0.2, 0) is 16.6 Å². The van der Waals surface area contributed by atoms with E-state index < -0.39 is 10.0 Å². The molecule has 0 aliphatic rings. The van der Waals surface area contributed by atoms with E-state index in [4.69, 9.17) is 5.73 Å². The molecule has 6 nitrogen and oxygen atoms in total. The fourth-order valence-corrected chi connectivity index (χ4v) is 4.10. The zero-order valence-corrected chi connectivity index (χ0v) is 13.3. The molecule has 0 saturated heterocycles. The number of nitrogens with two attached hydrogens (primary N) is 1. The SMILES string of the molecule is CN(Cc1cn[nH]c1)S(=O)(=O)CCSc1ccc(N)cc1. The smallest absolute Gasteiger partial charge is 0.214 e. The van der Waals surface area contributed by atoms with Gasteiger partial charge in [0.2, 0.25) is 10.0 Å². The number of sulfonamides is 1. The van der Waals surface area contributed by atoms with Crippen molar-refractivity contribution in [3.63, 3.8) is 0 Å². The zero-order valence-electron chi connectivity index (χ0n) is 11.7. The Hall–Kier alpha value is -1.51. The first-order chi connectivity index (χ1) is 9.97. The number of nitrogens with one attached hydrogen (secondary N) is 1. The fraction of sp³-hybridized carbons (Fsp3) is 0.308. The van der Waals surface area contributed by atoms with Gasteiger partial charge in [0.1, 0.15) is 0 Å². The van der Waals surface area contributed by atoms with Crippen LogP contribution in [0.1, 0.15) is 5.56 Å². The number of benzene rings is 1. The molecule has 0 unspecified atom stereocenters. The van der Waals surface area contributed by atoms with Crippen LogP contribution < -0.4 is 5.73 Å². The van der Waals surface area contributed by atoms with Gasteiger partial charge in [-0.25, -0.2) is 12.7 Å². The van der Waals surface area contributed by atoms with Crippen molar-refractivity contribution in [3.8, 4) is 0 Å². The minimum Gasteiger partial charge on any atom is -0.399 e. The van der Waals surface area contributed by atoms with E-state index in [1.807, 2.05) is 24.3 Å². The molecule has 0 aliphatic carbocycles. The molecule has 2 aromatic rings. The number of hydrogen-bond donors (Lipinski definition) is 2. The number of aromatic nitrogens is 2. The van der Waals surface area contributed by atoms with Crippen LogP contribution in [0.3, 0.4) is 0 Å². The van der Waals surface area contributed by atoms with Crippen molar-refractivity contribution in [1.29, 1.82) is 0 Å². The van der Waals surface area contributed by atoms with Gasteiger partial charge in [0.25, 0.3) is 0 Å². The number of anilines is 1. The van der Waals surface area contributed by atoms with E-state index in [1.54, 1.807) is 19.4 Å². The second-order valence-electron chi connectivity index (χ2n) is 4.60. The van der Waals surface area contributed by atoms with Crippen LogP contribution >= 0.6 is 11.8 Å². The first-order valence-electron chi connectivity index (χ1n) is 6.37. The molecule has 0 spiro atoms. The van der Waals surface area contributed by atoms with Gasteiger partial charge in [-0.1, -0.05) is 0 Å². The summed E-state index contributed by atoms with van der Waals surface area (Å²) in [7, 11) is -1.69. The summed E-state index contributed by atoms with van der Waals surface area (Å²) in [5.74, 6) is 0.596. The highest BCUT2D eigenvalue weighted by molar-refractivity contribution is 8.00. The summed E-state index contributed by atoms with van der Waals surface area (Å²) in [4.78, 5) is 1.01. The average Bonchev–Trinajstić information content (AvgIpc) is 2.94. The van der Waals surface area contributed by atoms with Crippen LogP contribution in [-0.4, -0.2) is 41.5 Å². The Labute approximate surface area is 128 Å². The summed E-state index contributed by atoms with van der Waals surface area (Å²) in [5.41, 5.74) is 7.15. The summed E-state index contributed by atoms with van der Waals surface area (Å²) >= 11 is 1.50. The molecule has 0 radical (unpaired) electrons. The molecule has 0 amide bonds. The molecule has 0 saturated carbocycles. The highest BCUT2D eigenvalue weighted by Crippen LogP contribution is 2.20. The number of thioether (sulfide) groups is 1. The van der Waals surface area contributed by atoms with Crippen LogP contribution in [0.25, 0.3) is 0 Å². The van der Waals surface area contributed by atoms with Gasteiger partial charge in [-0.05, 0) is 24.3 Å². The molecule has 21 heavy (non-hydrogen) atoms. The Morgan fingerprint density at radius 1 is 1.33 bits per heavy atom. The normalized spacial score (nSPS) is 11.9. The summed E-state index contributed by atoms with van der Waals surface area (Å²) in [5, 5.41) is 6.48. The van der Waals surface area contributed by atoms with E-state index in [1.165, 1.54) is 16.1 Å². The number of nitrogen functional groups attached to an aromatic ring is 1. The predicted octanol–water partition coefficient (Wildman–Crippen LogP) is 1.55. The third-order valence-electron chi connectivity index (χ3n) is 2.93. The lowest BCUT2D eigenvalue weighted by molar-refractivity contribution is 0.468. The number of nitrogens with zero attached hydrogens (tertiary/aromatic N) is 2. The van der Waals surface area contributed by atoms with E-state index in [-0.39, 0.29) is 5.75 Å². The number of aromatic amines is 1. The van der Waals surface area contributed by atoms with E-state index >= 15 is 0 Å². The minimum atomic E-state index is -3.27. The standard InChI is InChI=1S/C13H18N4O2S2/c1-17(10-11-8-15-16-9-11)21(18,19)7-6-20-13-4-2-12(14)3-5-13/h2-5,8-9H,6-7,10,14H2,1H3,(H,15,16). The monoisotopic (exact) mass is 326 g/mol. The lowest BCUT2D eigenvalue weighted by atomic mass is 10.3. The summed E-state index contributed by atoms with van der Waals surface area (Å²) in [6.45, 7) is 0.325.